The molecule has 25 heavy (non-hydrogen) atoms. The van der Waals surface area contributed by atoms with Gasteiger partial charge in [-0.15, -0.1) is 0 Å². The van der Waals surface area contributed by atoms with Gasteiger partial charge in [0.25, 0.3) is 0 Å². The van der Waals surface area contributed by atoms with Gasteiger partial charge in [-0.25, -0.2) is 9.78 Å². The maximum atomic E-state index is 11.4. The highest BCUT2D eigenvalue weighted by atomic mass is 35.5. The summed E-state index contributed by atoms with van der Waals surface area (Å²) in [5.41, 5.74) is 0.779. The van der Waals surface area contributed by atoms with Crippen molar-refractivity contribution in [2.45, 2.75) is 38.6 Å². The van der Waals surface area contributed by atoms with Crippen LogP contribution in [0.2, 0.25) is 5.02 Å². The molecular formula is C19H26ClN3O2. The maximum absolute atomic E-state index is 11.4. The number of carbonyl (C=O) groups excluding carboxylic acids is 1. The lowest BCUT2D eigenvalue weighted by Gasteiger charge is -2.30. The summed E-state index contributed by atoms with van der Waals surface area (Å²) in [6.45, 7) is 5.58. The van der Waals surface area contributed by atoms with Crippen molar-refractivity contribution >= 4 is 29.5 Å². The van der Waals surface area contributed by atoms with Crippen LogP contribution < -0.4 is 5.32 Å². The molecule has 3 rings (SSSR count). The van der Waals surface area contributed by atoms with Crippen molar-refractivity contribution in [3.8, 4) is 0 Å². The fraction of sp³-hybridized carbons (Fsp3) is 0.579. The molecule has 0 amide bonds. The van der Waals surface area contributed by atoms with E-state index in [2.05, 4.69) is 15.2 Å². The number of ether oxygens (including phenoxy) is 1. The van der Waals surface area contributed by atoms with Crippen LogP contribution in [0.3, 0.4) is 0 Å². The van der Waals surface area contributed by atoms with E-state index in [1.54, 1.807) is 19.2 Å². The summed E-state index contributed by atoms with van der Waals surface area (Å²) >= 11 is 6.35. The van der Waals surface area contributed by atoms with Crippen LogP contribution in [0.15, 0.2) is 18.3 Å². The van der Waals surface area contributed by atoms with Gasteiger partial charge in [0.05, 0.1) is 11.6 Å². The zero-order valence-corrected chi connectivity index (χ0v) is 15.5. The molecule has 6 heteroatoms. The molecule has 5 nitrogen and oxygen atoms in total. The Kier molecular flexibility index (Phi) is 6.32. The topological polar surface area (TPSA) is 54.5 Å². The third-order valence-corrected chi connectivity index (χ3v) is 5.20. The lowest BCUT2D eigenvalue weighted by molar-refractivity contribution is -0.137. The Labute approximate surface area is 154 Å². The quantitative estimate of drug-likeness (QED) is 0.592. The van der Waals surface area contributed by atoms with Gasteiger partial charge in [-0.2, -0.15) is 0 Å². The normalized spacial score (nSPS) is 21.4. The highest BCUT2D eigenvalue weighted by molar-refractivity contribution is 6.33. The number of pyridine rings is 1. The second-order valence-corrected chi connectivity index (χ2v) is 7.28. The molecule has 0 aromatic carbocycles. The standard InChI is InChI=1S/C19H26ClN3O2/c1-2-25-18(24)7-6-15-10-17(20)19(21-11-15)22-16-8-9-23(13-16)12-14-4-3-5-14/h6-7,10-11,14,16H,2-5,8-9,12-13H2,1H3,(H,21,22)/t16-/m1/s1. The van der Waals surface area contributed by atoms with Crippen LogP contribution in [-0.2, 0) is 9.53 Å². The number of aromatic nitrogens is 1. The molecule has 1 saturated heterocycles. The molecule has 1 aliphatic heterocycles. The number of rotatable bonds is 7. The number of nitrogens with zero attached hydrogens (tertiary/aromatic N) is 2. The molecular weight excluding hydrogens is 338 g/mol. The van der Waals surface area contributed by atoms with Gasteiger partial charge >= 0.3 is 5.97 Å². The summed E-state index contributed by atoms with van der Waals surface area (Å²) in [6.07, 6.45) is 10.1. The maximum Gasteiger partial charge on any atom is 0.330 e. The Morgan fingerprint density at radius 1 is 1.48 bits per heavy atom. The summed E-state index contributed by atoms with van der Waals surface area (Å²) in [5.74, 6) is 1.26. The van der Waals surface area contributed by atoms with Crippen LogP contribution in [0.25, 0.3) is 6.08 Å². The number of halogens is 1. The van der Waals surface area contributed by atoms with Crippen LogP contribution in [0, 0.1) is 5.92 Å². The lowest BCUT2D eigenvalue weighted by atomic mass is 9.85. The average Bonchev–Trinajstić information content (AvgIpc) is 2.99. The van der Waals surface area contributed by atoms with Gasteiger partial charge in [0, 0.05) is 37.9 Å². The third kappa shape index (κ3) is 5.19. The number of hydrogen-bond donors (Lipinski definition) is 1. The fourth-order valence-electron chi connectivity index (χ4n) is 3.35. The van der Waals surface area contributed by atoms with Gasteiger partial charge in [0.2, 0.25) is 0 Å². The molecule has 1 atom stereocenters. The number of likely N-dealkylation sites (tertiary alicyclic amines) is 1. The number of hydrogen-bond acceptors (Lipinski definition) is 5. The molecule has 1 aromatic heterocycles. The highest BCUT2D eigenvalue weighted by Gasteiger charge is 2.27. The van der Waals surface area contributed by atoms with Crippen molar-refractivity contribution in [3.05, 3.63) is 28.9 Å². The molecule has 0 radical (unpaired) electrons. The number of carbonyl (C=O) groups is 1. The molecule has 0 spiro atoms. The third-order valence-electron chi connectivity index (χ3n) is 4.92. The Morgan fingerprint density at radius 3 is 3.00 bits per heavy atom. The molecule has 1 saturated carbocycles. The van der Waals surface area contributed by atoms with Crippen molar-refractivity contribution in [1.29, 1.82) is 0 Å². The number of esters is 1. The minimum atomic E-state index is -0.363. The molecule has 1 N–H and O–H groups in total. The predicted octanol–water partition coefficient (Wildman–Crippen LogP) is 3.60. The van der Waals surface area contributed by atoms with Crippen LogP contribution in [0.4, 0.5) is 5.82 Å². The summed E-state index contributed by atoms with van der Waals surface area (Å²) in [5, 5.41) is 4.03. The van der Waals surface area contributed by atoms with E-state index >= 15 is 0 Å². The van der Waals surface area contributed by atoms with E-state index in [1.165, 1.54) is 31.9 Å². The molecule has 2 aliphatic rings. The van der Waals surface area contributed by atoms with Gasteiger partial charge in [-0.3, -0.25) is 0 Å². The van der Waals surface area contributed by atoms with E-state index in [0.29, 0.717) is 23.5 Å². The van der Waals surface area contributed by atoms with Crippen LogP contribution >= 0.6 is 11.6 Å². The molecule has 2 heterocycles. The summed E-state index contributed by atoms with van der Waals surface area (Å²) in [6, 6.07) is 2.21. The van der Waals surface area contributed by atoms with Crippen molar-refractivity contribution in [2.24, 2.45) is 5.92 Å². The molecule has 2 fully saturated rings. The second-order valence-electron chi connectivity index (χ2n) is 6.87. The van der Waals surface area contributed by atoms with Gasteiger partial charge < -0.3 is 15.0 Å². The van der Waals surface area contributed by atoms with E-state index in [-0.39, 0.29) is 5.97 Å². The largest absolute Gasteiger partial charge is 0.463 e. The Hall–Kier alpha value is -1.59. The van der Waals surface area contributed by atoms with E-state index < -0.39 is 0 Å². The van der Waals surface area contributed by atoms with E-state index in [9.17, 15) is 4.79 Å². The first-order chi connectivity index (χ1) is 12.1. The fourth-order valence-corrected chi connectivity index (χ4v) is 3.58. The zero-order valence-electron chi connectivity index (χ0n) is 14.7. The summed E-state index contributed by atoms with van der Waals surface area (Å²) in [4.78, 5) is 18.3. The van der Waals surface area contributed by atoms with Crippen molar-refractivity contribution in [1.82, 2.24) is 9.88 Å². The van der Waals surface area contributed by atoms with Gasteiger partial charge in [0.15, 0.2) is 0 Å². The minimum absolute atomic E-state index is 0.363. The van der Waals surface area contributed by atoms with E-state index in [1.807, 2.05) is 6.07 Å². The highest BCUT2D eigenvalue weighted by Crippen LogP contribution is 2.29. The molecule has 136 valence electrons. The number of anilines is 1. The van der Waals surface area contributed by atoms with Gasteiger partial charge in [-0.1, -0.05) is 18.0 Å². The van der Waals surface area contributed by atoms with Crippen LogP contribution in [-0.4, -0.2) is 48.1 Å². The average molecular weight is 364 g/mol. The van der Waals surface area contributed by atoms with Crippen LogP contribution in [0.1, 0.15) is 38.2 Å². The lowest BCUT2D eigenvalue weighted by Crippen LogP contribution is -2.33. The number of nitrogens with one attached hydrogen (secondary N) is 1. The van der Waals surface area contributed by atoms with Crippen molar-refractivity contribution < 1.29 is 9.53 Å². The van der Waals surface area contributed by atoms with Crippen LogP contribution in [0.5, 0.6) is 0 Å². The Bertz CT molecular complexity index is 631. The molecule has 1 aliphatic carbocycles. The molecule has 0 unspecified atom stereocenters. The minimum Gasteiger partial charge on any atom is -0.463 e. The summed E-state index contributed by atoms with van der Waals surface area (Å²) < 4.78 is 4.86. The first-order valence-electron chi connectivity index (χ1n) is 9.13. The smallest absolute Gasteiger partial charge is 0.330 e. The molecule has 1 aromatic rings. The van der Waals surface area contributed by atoms with Crippen molar-refractivity contribution in [3.63, 3.8) is 0 Å². The Balaban J connectivity index is 1.52. The zero-order chi connectivity index (χ0) is 17.6. The van der Waals surface area contributed by atoms with Gasteiger partial charge in [0.1, 0.15) is 5.82 Å². The summed E-state index contributed by atoms with van der Waals surface area (Å²) in [7, 11) is 0. The Morgan fingerprint density at radius 2 is 2.32 bits per heavy atom. The SMILES string of the molecule is CCOC(=O)C=Cc1cnc(N[C@@H]2CCN(CC3CCC3)C2)c(Cl)c1. The van der Waals surface area contributed by atoms with E-state index in [0.717, 1.165) is 31.0 Å². The van der Waals surface area contributed by atoms with Crippen molar-refractivity contribution in [2.75, 3.05) is 31.6 Å². The second kappa shape index (κ2) is 8.68. The predicted molar refractivity (Wildman–Crippen MR) is 101 cm³/mol. The first kappa shape index (κ1) is 18.2. The first-order valence-corrected chi connectivity index (χ1v) is 9.51. The van der Waals surface area contributed by atoms with Gasteiger partial charge in [-0.05, 0) is 49.8 Å². The monoisotopic (exact) mass is 363 g/mol. The molecule has 0 bridgehead atoms. The van der Waals surface area contributed by atoms with E-state index in [4.69, 9.17) is 16.3 Å².